The van der Waals surface area contributed by atoms with Gasteiger partial charge in [0.1, 0.15) is 10.6 Å². The zero-order valence-electron chi connectivity index (χ0n) is 15.9. The smallest absolute Gasteiger partial charge is 0.348 e. The molecule has 0 atom stereocenters. The Morgan fingerprint density at radius 3 is 2.77 bits per heavy atom. The van der Waals surface area contributed by atoms with Gasteiger partial charge in [-0.3, -0.25) is 4.79 Å². The normalized spacial score (nSPS) is 14.5. The number of nitrogens with zero attached hydrogens (tertiary/aromatic N) is 3. The molecule has 3 aromatic heterocycles. The van der Waals surface area contributed by atoms with E-state index in [9.17, 15) is 14.7 Å². The molecule has 9 nitrogen and oxygen atoms in total. The molecule has 5 N–H and O–H groups in total. The van der Waals surface area contributed by atoms with Crippen LogP contribution in [0.15, 0.2) is 35.2 Å². The van der Waals surface area contributed by atoms with E-state index in [0.29, 0.717) is 16.5 Å². The van der Waals surface area contributed by atoms with Gasteiger partial charge in [0.2, 0.25) is 0 Å². The van der Waals surface area contributed by atoms with E-state index in [4.69, 9.17) is 5.73 Å². The second-order valence-electron chi connectivity index (χ2n) is 6.78. The first-order chi connectivity index (χ1) is 14.5. The van der Waals surface area contributed by atoms with Crippen LogP contribution in [0.25, 0.3) is 0 Å². The van der Waals surface area contributed by atoms with Crippen molar-refractivity contribution in [3.8, 4) is 0 Å². The number of carbonyl (C=O) groups is 2. The molecule has 0 unspecified atom stereocenters. The van der Waals surface area contributed by atoms with Gasteiger partial charge in [0, 0.05) is 30.7 Å². The molecule has 3 aromatic rings. The number of thiazole rings is 1. The highest BCUT2D eigenvalue weighted by Crippen LogP contribution is 2.29. The highest BCUT2D eigenvalue weighted by atomic mass is 32.1. The van der Waals surface area contributed by atoms with Gasteiger partial charge in [-0.1, -0.05) is 0 Å². The number of pyridine rings is 1. The summed E-state index contributed by atoms with van der Waals surface area (Å²) < 4.78 is 0. The molecular weight excluding hydrogens is 424 g/mol. The SMILES string of the molecule is NC1CCN(c2ncccc2NC(=O)c2csc(Nc3ccsc3C(=O)O)n2)CC1. The molecular formula is C19H20N6O3S2. The van der Waals surface area contributed by atoms with E-state index >= 15 is 0 Å². The Kier molecular flexibility index (Phi) is 5.93. The monoisotopic (exact) mass is 444 g/mol. The molecule has 4 rings (SSSR count). The summed E-state index contributed by atoms with van der Waals surface area (Å²) in [6.45, 7) is 1.58. The van der Waals surface area contributed by atoms with Crippen LogP contribution in [0.5, 0.6) is 0 Å². The third-order valence-corrected chi connectivity index (χ3v) is 6.37. The van der Waals surface area contributed by atoms with Gasteiger partial charge >= 0.3 is 5.97 Å². The standard InChI is InChI=1S/C19H20N6O3S2/c20-11-3-7-25(8-4-11)16-13(2-1-6-21-16)22-17(26)14-10-30-19(24-14)23-12-5-9-29-15(12)18(27)28/h1-2,5-6,9-11H,3-4,7-8,20H2,(H,22,26)(H,23,24)(H,27,28). The third-order valence-electron chi connectivity index (χ3n) is 4.71. The number of thiophene rings is 1. The van der Waals surface area contributed by atoms with Crippen LogP contribution in [0.3, 0.4) is 0 Å². The lowest BCUT2D eigenvalue weighted by Crippen LogP contribution is -2.40. The zero-order valence-corrected chi connectivity index (χ0v) is 17.5. The summed E-state index contributed by atoms with van der Waals surface area (Å²) in [5.41, 5.74) is 7.29. The lowest BCUT2D eigenvalue weighted by Gasteiger charge is -2.32. The number of hydrogen-bond donors (Lipinski definition) is 4. The van der Waals surface area contributed by atoms with Gasteiger partial charge in [0.15, 0.2) is 10.9 Å². The number of nitrogens with one attached hydrogen (secondary N) is 2. The fourth-order valence-electron chi connectivity index (χ4n) is 3.17. The Hall–Kier alpha value is -3.02. The molecule has 30 heavy (non-hydrogen) atoms. The number of aromatic nitrogens is 2. The maximum Gasteiger partial charge on any atom is 0.348 e. The molecule has 0 radical (unpaired) electrons. The lowest BCUT2D eigenvalue weighted by molar-refractivity contribution is 0.0703. The first-order valence-corrected chi connectivity index (χ1v) is 11.1. The van der Waals surface area contributed by atoms with Crippen molar-refractivity contribution >= 4 is 56.9 Å². The number of rotatable bonds is 6. The Bertz CT molecular complexity index is 1060. The van der Waals surface area contributed by atoms with E-state index in [1.807, 2.05) is 6.07 Å². The van der Waals surface area contributed by atoms with E-state index in [-0.39, 0.29) is 22.5 Å². The van der Waals surface area contributed by atoms with Crippen LogP contribution in [0.2, 0.25) is 0 Å². The third kappa shape index (κ3) is 4.42. The summed E-state index contributed by atoms with van der Waals surface area (Å²) >= 11 is 2.35. The van der Waals surface area contributed by atoms with Crippen LogP contribution < -0.4 is 21.3 Å². The van der Waals surface area contributed by atoms with Crippen LogP contribution in [-0.4, -0.2) is 46.1 Å². The van der Waals surface area contributed by atoms with Crippen molar-refractivity contribution in [2.75, 3.05) is 28.6 Å². The first kappa shape index (κ1) is 20.3. The van der Waals surface area contributed by atoms with Crippen molar-refractivity contribution in [3.63, 3.8) is 0 Å². The molecule has 1 aliphatic heterocycles. The quantitative estimate of drug-likeness (QED) is 0.455. The van der Waals surface area contributed by atoms with Crippen molar-refractivity contribution in [2.24, 2.45) is 5.73 Å². The number of nitrogens with two attached hydrogens (primary N) is 1. The van der Waals surface area contributed by atoms with Gasteiger partial charge in [0.05, 0.1) is 11.4 Å². The average molecular weight is 445 g/mol. The molecule has 0 aromatic carbocycles. The van der Waals surface area contributed by atoms with Gasteiger partial charge in [-0.2, -0.15) is 0 Å². The van der Waals surface area contributed by atoms with Crippen molar-refractivity contribution in [3.05, 3.63) is 45.7 Å². The maximum absolute atomic E-state index is 12.7. The van der Waals surface area contributed by atoms with Gasteiger partial charge < -0.3 is 26.4 Å². The van der Waals surface area contributed by atoms with E-state index in [1.165, 1.54) is 11.3 Å². The topological polar surface area (TPSA) is 133 Å². The van der Waals surface area contributed by atoms with Gasteiger partial charge in [-0.25, -0.2) is 14.8 Å². The minimum Gasteiger partial charge on any atom is -0.477 e. The molecule has 1 saturated heterocycles. The average Bonchev–Trinajstić information content (AvgIpc) is 3.39. The highest BCUT2D eigenvalue weighted by Gasteiger charge is 2.21. The Morgan fingerprint density at radius 1 is 1.20 bits per heavy atom. The number of amides is 1. The van der Waals surface area contributed by atoms with Crippen molar-refractivity contribution in [2.45, 2.75) is 18.9 Å². The largest absolute Gasteiger partial charge is 0.477 e. The summed E-state index contributed by atoms with van der Waals surface area (Å²) in [5.74, 6) is -0.647. The molecule has 0 bridgehead atoms. The highest BCUT2D eigenvalue weighted by molar-refractivity contribution is 7.14. The molecule has 156 valence electrons. The number of anilines is 4. The Labute approximate surface area is 180 Å². The minimum absolute atomic E-state index is 0.192. The summed E-state index contributed by atoms with van der Waals surface area (Å²) in [6, 6.07) is 5.45. The molecule has 0 aliphatic carbocycles. The van der Waals surface area contributed by atoms with E-state index in [1.54, 1.807) is 29.1 Å². The molecule has 4 heterocycles. The second-order valence-corrected chi connectivity index (χ2v) is 8.56. The van der Waals surface area contributed by atoms with E-state index in [0.717, 1.165) is 43.1 Å². The van der Waals surface area contributed by atoms with Crippen LogP contribution in [0, 0.1) is 0 Å². The predicted octanol–water partition coefficient (Wildman–Crippen LogP) is 3.22. The molecule has 1 fully saturated rings. The van der Waals surface area contributed by atoms with Crippen molar-refractivity contribution in [1.29, 1.82) is 0 Å². The molecule has 0 saturated carbocycles. The predicted molar refractivity (Wildman–Crippen MR) is 118 cm³/mol. The summed E-state index contributed by atoms with van der Waals surface area (Å²) in [4.78, 5) is 35.0. The van der Waals surface area contributed by atoms with Gasteiger partial charge in [-0.05, 0) is 36.4 Å². The van der Waals surface area contributed by atoms with Gasteiger partial charge in [-0.15, -0.1) is 22.7 Å². The minimum atomic E-state index is -1.01. The number of piperidine rings is 1. The fourth-order valence-corrected chi connectivity index (χ4v) is 4.56. The molecule has 1 aliphatic rings. The van der Waals surface area contributed by atoms with E-state index < -0.39 is 5.97 Å². The van der Waals surface area contributed by atoms with Gasteiger partial charge in [0.25, 0.3) is 5.91 Å². The summed E-state index contributed by atoms with van der Waals surface area (Å²) in [6.07, 6.45) is 3.46. The zero-order chi connectivity index (χ0) is 21.1. The van der Waals surface area contributed by atoms with Crippen LogP contribution >= 0.6 is 22.7 Å². The van der Waals surface area contributed by atoms with Crippen molar-refractivity contribution in [1.82, 2.24) is 9.97 Å². The number of aromatic carboxylic acids is 1. The van der Waals surface area contributed by atoms with Crippen molar-refractivity contribution < 1.29 is 14.7 Å². The fraction of sp³-hybridized carbons (Fsp3) is 0.263. The van der Waals surface area contributed by atoms with Crippen LogP contribution in [-0.2, 0) is 0 Å². The first-order valence-electron chi connectivity index (χ1n) is 9.31. The summed E-state index contributed by atoms with van der Waals surface area (Å²) in [7, 11) is 0. The second kappa shape index (κ2) is 8.78. The number of carboxylic acids is 1. The molecule has 0 spiro atoms. The number of hydrogen-bond acceptors (Lipinski definition) is 9. The Morgan fingerprint density at radius 2 is 2.00 bits per heavy atom. The summed E-state index contributed by atoms with van der Waals surface area (Å²) in [5, 5.41) is 18.8. The number of carboxylic acid groups (broad SMARTS) is 1. The lowest BCUT2D eigenvalue weighted by atomic mass is 10.1. The molecule has 1 amide bonds. The Balaban J connectivity index is 1.46. The van der Waals surface area contributed by atoms with Crippen LogP contribution in [0.4, 0.5) is 22.3 Å². The van der Waals surface area contributed by atoms with E-state index in [2.05, 4.69) is 25.5 Å². The molecule has 11 heteroatoms. The number of carbonyl (C=O) groups excluding carboxylic acids is 1. The van der Waals surface area contributed by atoms with Crippen LogP contribution in [0.1, 0.15) is 33.0 Å². The maximum atomic E-state index is 12.7.